The molecule has 12 aliphatic rings. The second kappa shape index (κ2) is 8.93. The average Bonchev–Trinajstić information content (AvgIpc) is 3.73. The van der Waals surface area contributed by atoms with Crippen LogP contribution in [0.4, 0.5) is 17.1 Å². The number of aromatic nitrogens is 2. The maximum absolute atomic E-state index is 15.3. The average molecular weight is 686 g/mol. The van der Waals surface area contributed by atoms with Gasteiger partial charge in [0.05, 0.1) is 28.5 Å². The monoisotopic (exact) mass is 685 g/mol. The zero-order valence-corrected chi connectivity index (χ0v) is 29.4. The Labute approximate surface area is 307 Å². The molecule has 6 bridgehead atoms. The summed E-state index contributed by atoms with van der Waals surface area (Å²) in [6.07, 6.45) is 10.3. The van der Waals surface area contributed by atoms with Crippen molar-refractivity contribution in [2.45, 2.75) is 86.9 Å². The summed E-state index contributed by atoms with van der Waals surface area (Å²) in [5, 5.41) is 0. The smallest absolute Gasteiger partial charge is 0.353 e. The molecule has 254 valence electrons. The molecule has 6 aromatic rings. The summed E-state index contributed by atoms with van der Waals surface area (Å²) in [5.74, 6) is 4.50. The number of anilines is 3. The molecule has 0 atom stereocenters. The van der Waals surface area contributed by atoms with Crippen molar-refractivity contribution in [2.24, 2.45) is 0 Å². The lowest BCUT2D eigenvalue weighted by atomic mass is 9.46. The van der Waals surface area contributed by atoms with Crippen molar-refractivity contribution in [2.75, 3.05) is 4.90 Å². The summed E-state index contributed by atoms with van der Waals surface area (Å²) in [7, 11) is 0. The molecule has 4 heterocycles. The van der Waals surface area contributed by atoms with E-state index < -0.39 is 0 Å². The van der Waals surface area contributed by atoms with Crippen LogP contribution in [-0.2, 0) is 0 Å². The van der Waals surface area contributed by atoms with Gasteiger partial charge in [0.1, 0.15) is 0 Å². The molecular weight excluding hydrogens is 649 g/mol. The normalized spacial score (nSPS) is 26.8. The van der Waals surface area contributed by atoms with E-state index in [4.69, 9.17) is 4.74 Å². The molecule has 0 saturated heterocycles. The van der Waals surface area contributed by atoms with E-state index in [-0.39, 0.29) is 24.2 Å². The van der Waals surface area contributed by atoms with Crippen molar-refractivity contribution in [3.05, 3.63) is 151 Å². The first-order valence-electron chi connectivity index (χ1n) is 20.3. The number of hydrogen-bond donors (Lipinski definition) is 0. The predicted octanol–water partition coefficient (Wildman–Crippen LogP) is 8.99. The largest absolute Gasteiger partial charge is 0.453 e. The van der Waals surface area contributed by atoms with E-state index in [0.717, 1.165) is 22.7 Å². The van der Waals surface area contributed by atoms with Crippen molar-refractivity contribution in [3.63, 3.8) is 0 Å². The van der Waals surface area contributed by atoms with Gasteiger partial charge in [0.15, 0.2) is 11.5 Å². The first kappa shape index (κ1) is 27.4. The summed E-state index contributed by atoms with van der Waals surface area (Å²) >= 11 is 0. The zero-order valence-electron chi connectivity index (χ0n) is 29.4. The highest BCUT2D eigenvalue weighted by atomic mass is 16.5. The topological polar surface area (TPSA) is 39.4 Å². The fourth-order valence-corrected chi connectivity index (χ4v) is 13.7. The Morgan fingerprint density at radius 1 is 0.566 bits per heavy atom. The Bertz CT molecular complexity index is 2760. The van der Waals surface area contributed by atoms with Crippen LogP contribution in [0.5, 0.6) is 11.5 Å². The lowest BCUT2D eigenvalue weighted by Crippen LogP contribution is -2.54. The minimum Gasteiger partial charge on any atom is -0.453 e. The third-order valence-corrected chi connectivity index (χ3v) is 15.7. The third-order valence-electron chi connectivity index (χ3n) is 15.7. The van der Waals surface area contributed by atoms with Gasteiger partial charge < -0.3 is 14.2 Å². The van der Waals surface area contributed by atoms with Gasteiger partial charge in [0.2, 0.25) is 0 Å². The van der Waals surface area contributed by atoms with Crippen LogP contribution in [-0.4, -0.2) is 16.1 Å². The summed E-state index contributed by atoms with van der Waals surface area (Å²) in [6, 6.07) is 32.1. The third kappa shape index (κ3) is 2.93. The van der Waals surface area contributed by atoms with E-state index in [2.05, 4.69) is 99.1 Å². The SMILES string of the molecule is O=c1c2c(n3n1-c1cccc4c1B3c1cc3c(c5c1N4c1cc4c(cc1O5)C1CCC4CC1)C1CCC3CC1)C1c3ccccc3C2c2ccccc21. The second-order valence-electron chi connectivity index (χ2n) is 17.6. The van der Waals surface area contributed by atoms with Crippen LogP contribution < -0.4 is 26.1 Å². The Kier molecular flexibility index (Phi) is 4.61. The molecule has 5 nitrogen and oxygen atoms in total. The van der Waals surface area contributed by atoms with E-state index in [9.17, 15) is 0 Å². The number of benzene rings is 5. The van der Waals surface area contributed by atoms with Gasteiger partial charge in [-0.1, -0.05) is 60.7 Å². The fourth-order valence-electron chi connectivity index (χ4n) is 13.7. The fraction of sp³-hybridized carbons (Fsp3) is 0.298. The molecule has 0 N–H and O–H groups in total. The summed E-state index contributed by atoms with van der Waals surface area (Å²) < 4.78 is 12.0. The van der Waals surface area contributed by atoms with Crippen LogP contribution in [0.1, 0.15) is 143 Å². The number of fused-ring (bicyclic) bond motifs is 11. The van der Waals surface area contributed by atoms with Gasteiger partial charge in [-0.3, -0.25) is 4.79 Å². The number of hydrogen-bond acceptors (Lipinski definition) is 3. The highest BCUT2D eigenvalue weighted by Gasteiger charge is 2.55. The summed E-state index contributed by atoms with van der Waals surface area (Å²) in [5.41, 5.74) is 20.9. The number of nitrogens with zero attached hydrogens (tertiary/aromatic N) is 3. The lowest BCUT2D eigenvalue weighted by molar-refractivity contribution is 0.343. The van der Waals surface area contributed by atoms with Crippen molar-refractivity contribution >= 4 is 34.8 Å². The van der Waals surface area contributed by atoms with E-state index in [1.54, 1.807) is 11.1 Å². The van der Waals surface area contributed by atoms with Crippen LogP contribution in [0.15, 0.2) is 89.7 Å². The maximum atomic E-state index is 15.3. The summed E-state index contributed by atoms with van der Waals surface area (Å²) in [6.45, 7) is -0.106. The van der Waals surface area contributed by atoms with Crippen LogP contribution >= 0.6 is 0 Å². The first-order valence-corrected chi connectivity index (χ1v) is 20.3. The highest BCUT2D eigenvalue weighted by molar-refractivity contribution is 6.88. The molecule has 5 aromatic carbocycles. The van der Waals surface area contributed by atoms with E-state index in [1.807, 2.05) is 0 Å². The van der Waals surface area contributed by atoms with Gasteiger partial charge in [-0.25, -0.2) is 4.68 Å². The van der Waals surface area contributed by atoms with E-state index in [1.165, 1.54) is 118 Å². The zero-order chi connectivity index (χ0) is 34.0. The molecule has 2 saturated carbocycles. The van der Waals surface area contributed by atoms with E-state index in [0.29, 0.717) is 23.7 Å². The van der Waals surface area contributed by atoms with Crippen LogP contribution in [0.2, 0.25) is 0 Å². The van der Waals surface area contributed by atoms with Crippen molar-refractivity contribution in [1.82, 2.24) is 9.27 Å². The molecule has 0 spiro atoms. The molecule has 53 heavy (non-hydrogen) atoms. The molecule has 6 heteroatoms. The Balaban J connectivity index is 1.06. The molecule has 3 aliphatic heterocycles. The molecule has 0 amide bonds. The highest BCUT2D eigenvalue weighted by Crippen LogP contribution is 2.63. The van der Waals surface area contributed by atoms with Gasteiger partial charge in [-0.15, -0.1) is 0 Å². The minimum atomic E-state index is -0.106. The molecule has 0 radical (unpaired) electrons. The molecular formula is C47H36BN3O2. The van der Waals surface area contributed by atoms with Crippen molar-refractivity contribution in [3.8, 4) is 17.2 Å². The Hall–Kier alpha value is -5.23. The van der Waals surface area contributed by atoms with Gasteiger partial charge in [0, 0.05) is 28.3 Å². The number of rotatable bonds is 0. The Morgan fingerprint density at radius 2 is 1.17 bits per heavy atom. The van der Waals surface area contributed by atoms with E-state index >= 15 is 4.79 Å². The van der Waals surface area contributed by atoms with Gasteiger partial charge in [0.25, 0.3) is 5.56 Å². The molecule has 0 unspecified atom stereocenters. The molecule has 1 aromatic heterocycles. The molecule has 2 fully saturated rings. The van der Waals surface area contributed by atoms with Gasteiger partial charge >= 0.3 is 6.85 Å². The van der Waals surface area contributed by atoms with Crippen molar-refractivity contribution in [1.29, 1.82) is 0 Å². The van der Waals surface area contributed by atoms with Crippen LogP contribution in [0.3, 0.4) is 0 Å². The van der Waals surface area contributed by atoms with Crippen LogP contribution in [0.25, 0.3) is 5.69 Å². The standard InChI is InChI=1S/C47H36BN3O2/c52-47-42-40-27-6-1-3-8-29(27)41(30-9-4-2-7-28(30)40)45(42)51-48-34-20-33-25-16-18-26(19-17-25)39(33)46-44(34)49(35-10-5-11-36(43(35)48)50(47)51)37-21-31-23-12-14-24(15-13-23)32(31)22-38(37)53-46/h1-11,20-26,40-41H,12-19H2. The van der Waals surface area contributed by atoms with Crippen molar-refractivity contribution < 1.29 is 4.74 Å². The minimum absolute atomic E-state index is 0.00975. The first-order chi connectivity index (χ1) is 26.2. The molecule has 18 rings (SSSR count). The van der Waals surface area contributed by atoms with Gasteiger partial charge in [-0.05, 0) is 144 Å². The quantitative estimate of drug-likeness (QED) is 0.150. The summed E-state index contributed by atoms with van der Waals surface area (Å²) in [4.78, 5) is 17.9. The van der Waals surface area contributed by atoms with Gasteiger partial charge in [-0.2, -0.15) is 0 Å². The van der Waals surface area contributed by atoms with Crippen LogP contribution in [0, 0.1) is 0 Å². The number of ether oxygens (including phenoxy) is 1. The molecule has 9 aliphatic carbocycles. The predicted molar refractivity (Wildman–Crippen MR) is 208 cm³/mol. The second-order valence-corrected chi connectivity index (χ2v) is 17.6. The lowest BCUT2D eigenvalue weighted by Gasteiger charge is -2.47. The maximum Gasteiger partial charge on any atom is 0.353 e. The Morgan fingerprint density at radius 3 is 1.87 bits per heavy atom.